The number of benzene rings is 2. The van der Waals surface area contributed by atoms with E-state index in [-0.39, 0.29) is 5.91 Å². The summed E-state index contributed by atoms with van der Waals surface area (Å²) in [5.41, 5.74) is 4.16. The third-order valence-corrected chi connectivity index (χ3v) is 4.07. The number of ether oxygens (including phenoxy) is 1. The number of aromatic nitrogens is 2. The highest BCUT2D eigenvalue weighted by Gasteiger charge is 2.11. The molecule has 6 heteroatoms. The van der Waals surface area contributed by atoms with E-state index in [1.54, 1.807) is 6.07 Å². The summed E-state index contributed by atoms with van der Waals surface area (Å²) in [7, 11) is 0. The zero-order valence-electron chi connectivity index (χ0n) is 15.6. The summed E-state index contributed by atoms with van der Waals surface area (Å²) in [6, 6.07) is 13.3. The highest BCUT2D eigenvalue weighted by molar-refractivity contribution is 6.04. The Morgan fingerprint density at radius 3 is 2.33 bits per heavy atom. The van der Waals surface area contributed by atoms with Crippen LogP contribution in [0.2, 0.25) is 0 Å². The predicted molar refractivity (Wildman–Crippen MR) is 107 cm³/mol. The molecule has 0 aliphatic rings. The van der Waals surface area contributed by atoms with Crippen LogP contribution in [0.5, 0.6) is 5.75 Å². The number of amides is 1. The maximum Gasteiger partial charge on any atom is 0.258 e. The molecule has 3 aromatic rings. The van der Waals surface area contributed by atoms with Crippen molar-refractivity contribution in [2.75, 3.05) is 17.2 Å². The molecule has 0 spiro atoms. The molecule has 1 aromatic heterocycles. The van der Waals surface area contributed by atoms with E-state index in [0.717, 1.165) is 16.8 Å². The van der Waals surface area contributed by atoms with Gasteiger partial charge in [-0.25, -0.2) is 9.97 Å². The summed E-state index contributed by atoms with van der Waals surface area (Å²) in [5.74, 6) is 0.780. The zero-order chi connectivity index (χ0) is 19.2. The minimum absolute atomic E-state index is 0.291. The van der Waals surface area contributed by atoms with E-state index in [0.29, 0.717) is 29.6 Å². The maximum absolute atomic E-state index is 12.5. The Morgan fingerprint density at radius 1 is 1.00 bits per heavy atom. The topological polar surface area (TPSA) is 76.1 Å². The Labute approximate surface area is 158 Å². The molecule has 0 bridgehead atoms. The number of hydrogen-bond donors (Lipinski definition) is 2. The average molecular weight is 362 g/mol. The van der Waals surface area contributed by atoms with Gasteiger partial charge in [0, 0.05) is 18.1 Å². The molecular formula is C21H22N4O2. The SMILES string of the molecule is CCOc1ccccc1NC(=O)c1cnc(Nc2c(C)cccc2C)nc1. The predicted octanol–water partition coefficient (Wildman–Crippen LogP) is 4.49. The Hall–Kier alpha value is -3.41. The van der Waals surface area contributed by atoms with Crippen LogP contribution in [0.3, 0.4) is 0 Å². The standard InChI is InChI=1S/C21H22N4O2/c1-4-27-18-11-6-5-10-17(18)24-20(26)16-12-22-21(23-13-16)25-19-14(2)8-7-9-15(19)3/h5-13H,4H2,1-3H3,(H,24,26)(H,22,23,25). The number of carbonyl (C=O) groups excluding carboxylic acids is 1. The lowest BCUT2D eigenvalue weighted by Gasteiger charge is -2.12. The first-order valence-corrected chi connectivity index (χ1v) is 8.77. The highest BCUT2D eigenvalue weighted by atomic mass is 16.5. The van der Waals surface area contributed by atoms with Crippen LogP contribution in [0.25, 0.3) is 0 Å². The molecule has 0 saturated heterocycles. The third kappa shape index (κ3) is 4.41. The number of hydrogen-bond acceptors (Lipinski definition) is 5. The molecule has 6 nitrogen and oxygen atoms in total. The van der Waals surface area contributed by atoms with Gasteiger partial charge in [0.2, 0.25) is 5.95 Å². The van der Waals surface area contributed by atoms with Gasteiger partial charge < -0.3 is 15.4 Å². The first kappa shape index (κ1) is 18.4. The van der Waals surface area contributed by atoms with Crippen molar-refractivity contribution in [2.45, 2.75) is 20.8 Å². The van der Waals surface area contributed by atoms with Crippen molar-refractivity contribution in [3.05, 3.63) is 71.5 Å². The van der Waals surface area contributed by atoms with E-state index < -0.39 is 0 Å². The second-order valence-corrected chi connectivity index (χ2v) is 6.07. The van der Waals surface area contributed by atoms with Gasteiger partial charge in [0.05, 0.1) is 17.9 Å². The van der Waals surface area contributed by atoms with Crippen LogP contribution in [0, 0.1) is 13.8 Å². The van der Waals surface area contributed by atoms with E-state index in [2.05, 4.69) is 20.6 Å². The molecule has 0 fully saturated rings. The fourth-order valence-corrected chi connectivity index (χ4v) is 2.68. The Bertz CT molecular complexity index is 919. The summed E-state index contributed by atoms with van der Waals surface area (Å²) in [6.45, 7) is 6.46. The first-order chi connectivity index (χ1) is 13.1. The van der Waals surface area contributed by atoms with E-state index in [1.807, 2.05) is 57.2 Å². The van der Waals surface area contributed by atoms with Gasteiger partial charge in [-0.1, -0.05) is 30.3 Å². The number of para-hydroxylation sites is 3. The molecule has 1 amide bonds. The van der Waals surface area contributed by atoms with Crippen LogP contribution in [0.15, 0.2) is 54.9 Å². The summed E-state index contributed by atoms with van der Waals surface area (Å²) in [4.78, 5) is 21.0. The number of aryl methyl sites for hydroxylation is 2. The molecule has 0 aliphatic carbocycles. The van der Waals surface area contributed by atoms with Crippen LogP contribution in [0.4, 0.5) is 17.3 Å². The van der Waals surface area contributed by atoms with Gasteiger partial charge in [0.25, 0.3) is 5.91 Å². The fourth-order valence-electron chi connectivity index (χ4n) is 2.68. The Balaban J connectivity index is 1.73. The first-order valence-electron chi connectivity index (χ1n) is 8.77. The Kier molecular flexibility index (Phi) is 5.66. The molecular weight excluding hydrogens is 340 g/mol. The van der Waals surface area contributed by atoms with E-state index in [9.17, 15) is 4.79 Å². The van der Waals surface area contributed by atoms with E-state index in [1.165, 1.54) is 12.4 Å². The molecule has 27 heavy (non-hydrogen) atoms. The van der Waals surface area contributed by atoms with Gasteiger partial charge >= 0.3 is 0 Å². The van der Waals surface area contributed by atoms with Crippen molar-refractivity contribution in [1.29, 1.82) is 0 Å². The normalized spacial score (nSPS) is 10.3. The molecule has 1 heterocycles. The monoisotopic (exact) mass is 362 g/mol. The van der Waals surface area contributed by atoms with Crippen LogP contribution in [0.1, 0.15) is 28.4 Å². The molecule has 3 rings (SSSR count). The van der Waals surface area contributed by atoms with Crippen molar-refractivity contribution in [3.8, 4) is 5.75 Å². The lowest BCUT2D eigenvalue weighted by Crippen LogP contribution is -2.14. The lowest BCUT2D eigenvalue weighted by atomic mass is 10.1. The smallest absolute Gasteiger partial charge is 0.258 e. The number of anilines is 3. The number of rotatable bonds is 6. The molecule has 0 aliphatic heterocycles. The van der Waals surface area contributed by atoms with Gasteiger partial charge in [-0.05, 0) is 44.0 Å². The lowest BCUT2D eigenvalue weighted by molar-refractivity contribution is 0.102. The zero-order valence-corrected chi connectivity index (χ0v) is 15.6. The fraction of sp³-hybridized carbons (Fsp3) is 0.190. The number of nitrogens with zero attached hydrogens (tertiary/aromatic N) is 2. The Morgan fingerprint density at radius 2 is 1.67 bits per heavy atom. The molecule has 0 unspecified atom stereocenters. The maximum atomic E-state index is 12.5. The van der Waals surface area contributed by atoms with Gasteiger partial charge in [0.1, 0.15) is 5.75 Å². The average Bonchev–Trinajstić information content (AvgIpc) is 2.67. The molecule has 0 saturated carbocycles. The highest BCUT2D eigenvalue weighted by Crippen LogP contribution is 2.25. The van der Waals surface area contributed by atoms with E-state index >= 15 is 0 Å². The summed E-state index contributed by atoms with van der Waals surface area (Å²) in [5, 5.41) is 6.04. The van der Waals surface area contributed by atoms with Crippen molar-refractivity contribution >= 4 is 23.2 Å². The van der Waals surface area contributed by atoms with Gasteiger partial charge in [-0.3, -0.25) is 4.79 Å². The second kappa shape index (κ2) is 8.31. The van der Waals surface area contributed by atoms with Crippen molar-refractivity contribution in [3.63, 3.8) is 0 Å². The van der Waals surface area contributed by atoms with Gasteiger partial charge in [0.15, 0.2) is 0 Å². The van der Waals surface area contributed by atoms with Crippen molar-refractivity contribution in [1.82, 2.24) is 9.97 Å². The molecule has 2 aromatic carbocycles. The summed E-state index contributed by atoms with van der Waals surface area (Å²) in [6.07, 6.45) is 3.00. The summed E-state index contributed by atoms with van der Waals surface area (Å²) >= 11 is 0. The molecule has 0 atom stereocenters. The number of nitrogens with one attached hydrogen (secondary N) is 2. The van der Waals surface area contributed by atoms with Crippen molar-refractivity contribution in [2.24, 2.45) is 0 Å². The summed E-state index contributed by atoms with van der Waals surface area (Å²) < 4.78 is 5.53. The number of carbonyl (C=O) groups is 1. The van der Waals surface area contributed by atoms with E-state index in [4.69, 9.17) is 4.74 Å². The third-order valence-electron chi connectivity index (χ3n) is 4.07. The van der Waals surface area contributed by atoms with Crippen LogP contribution >= 0.6 is 0 Å². The van der Waals surface area contributed by atoms with Crippen LogP contribution < -0.4 is 15.4 Å². The molecule has 0 radical (unpaired) electrons. The van der Waals surface area contributed by atoms with Crippen molar-refractivity contribution < 1.29 is 9.53 Å². The quantitative estimate of drug-likeness (QED) is 0.676. The molecule has 138 valence electrons. The van der Waals surface area contributed by atoms with Gasteiger partial charge in [-0.2, -0.15) is 0 Å². The second-order valence-electron chi connectivity index (χ2n) is 6.07. The minimum Gasteiger partial charge on any atom is -0.492 e. The minimum atomic E-state index is -0.291. The van der Waals surface area contributed by atoms with Crippen LogP contribution in [-0.2, 0) is 0 Å². The molecule has 2 N–H and O–H groups in total. The van der Waals surface area contributed by atoms with Gasteiger partial charge in [-0.15, -0.1) is 0 Å². The van der Waals surface area contributed by atoms with Crippen LogP contribution in [-0.4, -0.2) is 22.5 Å². The largest absolute Gasteiger partial charge is 0.492 e.